The SMILES string of the molecule is O=C(O)/C=C\C(=O)Nc1ccon1. The molecule has 0 atom stereocenters. The average Bonchev–Trinajstić information content (AvgIpc) is 2.53. The summed E-state index contributed by atoms with van der Waals surface area (Å²) in [5.74, 6) is -1.52. The van der Waals surface area contributed by atoms with Crippen LogP contribution in [-0.2, 0) is 9.59 Å². The van der Waals surface area contributed by atoms with Crippen LogP contribution >= 0.6 is 0 Å². The largest absolute Gasteiger partial charge is 0.478 e. The summed E-state index contributed by atoms with van der Waals surface area (Å²) in [6.45, 7) is 0. The molecule has 0 aliphatic carbocycles. The van der Waals surface area contributed by atoms with Gasteiger partial charge in [0.2, 0.25) is 5.91 Å². The first-order valence-corrected chi connectivity index (χ1v) is 3.31. The highest BCUT2D eigenvalue weighted by Crippen LogP contribution is 2.00. The summed E-state index contributed by atoms with van der Waals surface area (Å²) in [6, 6.07) is 1.44. The maximum atomic E-state index is 10.9. The third-order valence-electron chi connectivity index (χ3n) is 1.07. The number of aromatic nitrogens is 1. The second kappa shape index (κ2) is 4.05. The topological polar surface area (TPSA) is 92.4 Å². The number of carboxylic acids is 1. The second-order valence-corrected chi connectivity index (χ2v) is 2.05. The molecule has 0 spiro atoms. The van der Waals surface area contributed by atoms with Crippen LogP contribution in [0.3, 0.4) is 0 Å². The fourth-order valence-electron chi connectivity index (χ4n) is 0.592. The standard InChI is InChI=1S/C7H6N2O4/c10-6(1-2-7(11)12)8-5-3-4-13-9-5/h1-4H,(H,11,12)(H,8,9,10)/b2-1-. The fourth-order valence-corrected chi connectivity index (χ4v) is 0.592. The zero-order valence-corrected chi connectivity index (χ0v) is 6.43. The van der Waals surface area contributed by atoms with E-state index < -0.39 is 11.9 Å². The molecule has 0 aliphatic rings. The number of aliphatic carboxylic acids is 1. The predicted octanol–water partition coefficient (Wildman–Crippen LogP) is 0.254. The Kier molecular flexibility index (Phi) is 2.80. The van der Waals surface area contributed by atoms with E-state index in [9.17, 15) is 9.59 Å². The summed E-state index contributed by atoms with van der Waals surface area (Å²) < 4.78 is 4.44. The number of carbonyl (C=O) groups is 2. The van der Waals surface area contributed by atoms with Gasteiger partial charge in [-0.2, -0.15) is 0 Å². The van der Waals surface area contributed by atoms with Crippen LogP contribution in [0.5, 0.6) is 0 Å². The van der Waals surface area contributed by atoms with Crippen molar-refractivity contribution in [2.45, 2.75) is 0 Å². The van der Waals surface area contributed by atoms with Crippen molar-refractivity contribution < 1.29 is 19.2 Å². The molecule has 13 heavy (non-hydrogen) atoms. The Bertz CT molecular complexity index is 328. The lowest BCUT2D eigenvalue weighted by Gasteiger charge is -1.92. The molecule has 0 aromatic carbocycles. The first-order valence-electron chi connectivity index (χ1n) is 3.31. The van der Waals surface area contributed by atoms with Gasteiger partial charge in [-0.1, -0.05) is 5.16 Å². The smallest absolute Gasteiger partial charge is 0.328 e. The van der Waals surface area contributed by atoms with Gasteiger partial charge in [0.1, 0.15) is 6.26 Å². The molecule has 0 saturated heterocycles. The number of amides is 1. The van der Waals surface area contributed by atoms with Gasteiger partial charge >= 0.3 is 5.97 Å². The Morgan fingerprint density at radius 1 is 1.54 bits per heavy atom. The van der Waals surface area contributed by atoms with E-state index in [1.807, 2.05) is 0 Å². The summed E-state index contributed by atoms with van der Waals surface area (Å²) >= 11 is 0. The highest BCUT2D eigenvalue weighted by molar-refractivity contribution is 6.01. The maximum Gasteiger partial charge on any atom is 0.328 e. The number of anilines is 1. The van der Waals surface area contributed by atoms with E-state index in [2.05, 4.69) is 15.0 Å². The number of nitrogens with zero attached hydrogens (tertiary/aromatic N) is 1. The van der Waals surface area contributed by atoms with Gasteiger partial charge in [-0.05, 0) is 0 Å². The molecule has 0 bridgehead atoms. The lowest BCUT2D eigenvalue weighted by atomic mass is 10.4. The summed E-state index contributed by atoms with van der Waals surface area (Å²) in [6.07, 6.45) is 2.91. The molecule has 0 fully saturated rings. The summed E-state index contributed by atoms with van der Waals surface area (Å²) in [5, 5.41) is 13.9. The van der Waals surface area contributed by atoms with Gasteiger partial charge in [-0.25, -0.2) is 4.79 Å². The third kappa shape index (κ3) is 3.19. The van der Waals surface area contributed by atoms with E-state index in [-0.39, 0.29) is 5.82 Å². The van der Waals surface area contributed by atoms with Crippen molar-refractivity contribution in [2.75, 3.05) is 5.32 Å². The summed E-state index contributed by atoms with van der Waals surface area (Å²) in [7, 11) is 0. The summed E-state index contributed by atoms with van der Waals surface area (Å²) in [5.41, 5.74) is 0. The molecule has 0 unspecified atom stereocenters. The van der Waals surface area contributed by atoms with Gasteiger partial charge in [0.25, 0.3) is 0 Å². The minimum absolute atomic E-state index is 0.236. The molecule has 6 heteroatoms. The second-order valence-electron chi connectivity index (χ2n) is 2.05. The lowest BCUT2D eigenvalue weighted by molar-refractivity contribution is -0.131. The fraction of sp³-hybridized carbons (Fsp3) is 0. The van der Waals surface area contributed by atoms with Crippen LogP contribution in [0.4, 0.5) is 5.82 Å². The highest BCUT2D eigenvalue weighted by atomic mass is 16.5. The van der Waals surface area contributed by atoms with E-state index in [1.165, 1.54) is 12.3 Å². The van der Waals surface area contributed by atoms with Crippen molar-refractivity contribution in [1.29, 1.82) is 0 Å². The molecule has 0 radical (unpaired) electrons. The van der Waals surface area contributed by atoms with Gasteiger partial charge in [0, 0.05) is 18.2 Å². The molecule has 0 saturated carbocycles. The Labute approximate surface area is 72.8 Å². The van der Waals surface area contributed by atoms with Crippen LogP contribution in [0, 0.1) is 0 Å². The molecule has 6 nitrogen and oxygen atoms in total. The number of rotatable bonds is 3. The number of nitrogens with one attached hydrogen (secondary N) is 1. The minimum atomic E-state index is -1.18. The summed E-state index contributed by atoms with van der Waals surface area (Å²) in [4.78, 5) is 20.9. The first-order chi connectivity index (χ1) is 6.18. The minimum Gasteiger partial charge on any atom is -0.478 e. The number of carbonyl (C=O) groups excluding carboxylic acids is 1. The molecule has 68 valence electrons. The first kappa shape index (κ1) is 8.98. The predicted molar refractivity (Wildman–Crippen MR) is 41.9 cm³/mol. The van der Waals surface area contributed by atoms with Crippen molar-refractivity contribution in [2.24, 2.45) is 0 Å². The average molecular weight is 182 g/mol. The van der Waals surface area contributed by atoms with E-state index in [0.29, 0.717) is 0 Å². The molecule has 1 amide bonds. The van der Waals surface area contributed by atoms with Crippen molar-refractivity contribution in [3.8, 4) is 0 Å². The van der Waals surface area contributed by atoms with E-state index in [1.54, 1.807) is 0 Å². The molecular formula is C7H6N2O4. The van der Waals surface area contributed by atoms with Crippen molar-refractivity contribution in [3.63, 3.8) is 0 Å². The Morgan fingerprint density at radius 3 is 2.85 bits per heavy atom. The Morgan fingerprint density at radius 2 is 2.31 bits per heavy atom. The Hall–Kier alpha value is -2.11. The van der Waals surface area contributed by atoms with Crippen molar-refractivity contribution in [3.05, 3.63) is 24.5 Å². The molecule has 1 heterocycles. The van der Waals surface area contributed by atoms with Gasteiger partial charge in [-0.15, -0.1) is 0 Å². The molecular weight excluding hydrogens is 176 g/mol. The van der Waals surface area contributed by atoms with Crippen LogP contribution in [0.2, 0.25) is 0 Å². The third-order valence-corrected chi connectivity index (χ3v) is 1.07. The number of hydrogen-bond donors (Lipinski definition) is 2. The van der Waals surface area contributed by atoms with Crippen LogP contribution in [-0.4, -0.2) is 22.1 Å². The van der Waals surface area contributed by atoms with Gasteiger partial charge in [-0.3, -0.25) is 4.79 Å². The van der Waals surface area contributed by atoms with Crippen molar-refractivity contribution >= 4 is 17.7 Å². The number of hydrogen-bond acceptors (Lipinski definition) is 4. The molecule has 1 aromatic heterocycles. The van der Waals surface area contributed by atoms with Gasteiger partial charge in [0.15, 0.2) is 5.82 Å². The van der Waals surface area contributed by atoms with Crippen LogP contribution < -0.4 is 5.32 Å². The normalized spacial score (nSPS) is 10.2. The van der Waals surface area contributed by atoms with Crippen LogP contribution in [0.25, 0.3) is 0 Å². The Balaban J connectivity index is 2.47. The zero-order chi connectivity index (χ0) is 9.68. The monoisotopic (exact) mass is 182 g/mol. The quantitative estimate of drug-likeness (QED) is 0.654. The maximum absolute atomic E-state index is 10.9. The van der Waals surface area contributed by atoms with E-state index in [0.717, 1.165) is 12.2 Å². The van der Waals surface area contributed by atoms with Gasteiger partial charge < -0.3 is 14.9 Å². The van der Waals surface area contributed by atoms with Crippen molar-refractivity contribution in [1.82, 2.24) is 5.16 Å². The number of carboxylic acid groups (broad SMARTS) is 1. The lowest BCUT2D eigenvalue weighted by Crippen LogP contribution is -2.08. The highest BCUT2D eigenvalue weighted by Gasteiger charge is 2.00. The van der Waals surface area contributed by atoms with E-state index in [4.69, 9.17) is 5.11 Å². The van der Waals surface area contributed by atoms with Crippen LogP contribution in [0.1, 0.15) is 0 Å². The molecule has 1 aromatic rings. The molecule has 0 aliphatic heterocycles. The van der Waals surface area contributed by atoms with Gasteiger partial charge in [0.05, 0.1) is 0 Å². The molecule has 2 N–H and O–H groups in total. The molecule has 1 rings (SSSR count). The zero-order valence-electron chi connectivity index (χ0n) is 6.43. The van der Waals surface area contributed by atoms with Crippen LogP contribution in [0.15, 0.2) is 29.0 Å². The van der Waals surface area contributed by atoms with E-state index >= 15 is 0 Å².